The lowest BCUT2D eigenvalue weighted by atomic mass is 9.93. The first-order valence-corrected chi connectivity index (χ1v) is 10.8. The van der Waals surface area contributed by atoms with Crippen LogP contribution < -0.4 is 10.6 Å². The zero-order chi connectivity index (χ0) is 23.1. The van der Waals surface area contributed by atoms with Gasteiger partial charge < -0.3 is 15.5 Å². The van der Waals surface area contributed by atoms with Crippen LogP contribution in [0.25, 0.3) is 0 Å². The van der Waals surface area contributed by atoms with Crippen molar-refractivity contribution >= 4 is 17.6 Å². The molecule has 1 heterocycles. The minimum atomic E-state index is -4.40. The second-order valence-electron chi connectivity index (χ2n) is 8.26. The van der Waals surface area contributed by atoms with Gasteiger partial charge in [0.25, 0.3) is 0 Å². The molecule has 8 heteroatoms. The number of aryl methyl sites for hydroxylation is 1. The van der Waals surface area contributed by atoms with Crippen molar-refractivity contribution in [2.75, 3.05) is 18.4 Å². The Morgan fingerprint density at radius 1 is 1.12 bits per heavy atom. The van der Waals surface area contributed by atoms with E-state index < -0.39 is 11.7 Å². The van der Waals surface area contributed by atoms with Gasteiger partial charge in [-0.3, -0.25) is 4.79 Å². The maximum atomic E-state index is 12.8. The minimum Gasteiger partial charge on any atom is -0.352 e. The summed E-state index contributed by atoms with van der Waals surface area (Å²) in [4.78, 5) is 26.5. The number of piperidine rings is 1. The van der Waals surface area contributed by atoms with Crippen LogP contribution in [0.4, 0.5) is 23.7 Å². The highest BCUT2D eigenvalue weighted by Gasteiger charge is 2.30. The molecule has 0 spiro atoms. The molecule has 0 radical (unpaired) electrons. The molecule has 1 saturated heterocycles. The lowest BCUT2D eigenvalue weighted by molar-refractivity contribution is -0.137. The number of likely N-dealkylation sites (tertiary alicyclic amines) is 1. The number of nitrogens with zero attached hydrogens (tertiary/aromatic N) is 1. The zero-order valence-corrected chi connectivity index (χ0v) is 18.0. The topological polar surface area (TPSA) is 61.4 Å². The molecule has 1 aliphatic rings. The minimum absolute atomic E-state index is 0.0541. The fraction of sp³-hybridized carbons (Fsp3) is 0.417. The average molecular weight is 448 g/mol. The fourth-order valence-corrected chi connectivity index (χ4v) is 3.81. The molecule has 5 nitrogen and oxygen atoms in total. The van der Waals surface area contributed by atoms with Gasteiger partial charge in [-0.05, 0) is 61.9 Å². The smallest absolute Gasteiger partial charge is 0.352 e. The molecule has 1 unspecified atom stereocenters. The zero-order valence-electron chi connectivity index (χ0n) is 18.0. The number of anilines is 1. The van der Waals surface area contributed by atoms with Crippen molar-refractivity contribution < 1.29 is 22.8 Å². The Kier molecular flexibility index (Phi) is 7.77. The molecule has 2 aromatic rings. The second kappa shape index (κ2) is 10.5. The van der Waals surface area contributed by atoms with Crippen molar-refractivity contribution in [3.63, 3.8) is 0 Å². The Hall–Kier alpha value is -3.03. The Morgan fingerprint density at radius 3 is 2.59 bits per heavy atom. The molecular weight excluding hydrogens is 419 g/mol. The molecule has 32 heavy (non-hydrogen) atoms. The van der Waals surface area contributed by atoms with Crippen molar-refractivity contribution in [1.29, 1.82) is 0 Å². The van der Waals surface area contributed by atoms with Crippen molar-refractivity contribution in [2.45, 2.75) is 45.3 Å². The van der Waals surface area contributed by atoms with Crippen LogP contribution in [0.5, 0.6) is 0 Å². The lowest BCUT2D eigenvalue weighted by Gasteiger charge is -2.32. The molecule has 1 fully saturated rings. The quantitative estimate of drug-likeness (QED) is 0.627. The Balaban J connectivity index is 1.42. The highest BCUT2D eigenvalue weighted by atomic mass is 19.4. The van der Waals surface area contributed by atoms with E-state index in [0.717, 1.165) is 36.2 Å². The van der Waals surface area contributed by atoms with Crippen LogP contribution in [0.15, 0.2) is 48.5 Å². The van der Waals surface area contributed by atoms with Crippen LogP contribution >= 0.6 is 0 Å². The predicted molar refractivity (Wildman–Crippen MR) is 117 cm³/mol. The number of amides is 3. The Labute approximate surface area is 186 Å². The first-order valence-electron chi connectivity index (χ1n) is 10.8. The third-order valence-corrected chi connectivity index (χ3v) is 5.63. The summed E-state index contributed by atoms with van der Waals surface area (Å²) in [5.41, 5.74) is 1.55. The van der Waals surface area contributed by atoms with Gasteiger partial charge in [0, 0.05) is 31.7 Å². The predicted octanol–water partition coefficient (Wildman–Crippen LogP) is 5.35. The molecule has 2 N–H and O–H groups in total. The van der Waals surface area contributed by atoms with Gasteiger partial charge in [-0.2, -0.15) is 13.2 Å². The van der Waals surface area contributed by atoms with Crippen LogP contribution in [-0.4, -0.2) is 29.9 Å². The molecule has 172 valence electrons. The molecule has 3 rings (SSSR count). The molecule has 0 saturated carbocycles. The standard InChI is InChI=1S/C24H28F3N3O2/c1-17-7-10-21(11-8-17)29-23(32)30-13-3-5-18(16-30)9-12-22(31)28-15-19-4-2-6-20(14-19)24(25,26)27/h2,4,6-8,10-11,14,18H,3,5,9,12-13,15-16H2,1H3,(H,28,31)(H,29,32). The summed E-state index contributed by atoms with van der Waals surface area (Å²) in [6.07, 6.45) is -1.69. The van der Waals surface area contributed by atoms with Crippen molar-refractivity contribution in [2.24, 2.45) is 5.92 Å². The summed E-state index contributed by atoms with van der Waals surface area (Å²) in [6.45, 7) is 3.30. The second-order valence-corrected chi connectivity index (χ2v) is 8.26. The summed E-state index contributed by atoms with van der Waals surface area (Å²) in [7, 11) is 0. The largest absolute Gasteiger partial charge is 0.416 e. The third-order valence-electron chi connectivity index (χ3n) is 5.63. The first kappa shape index (κ1) is 23.6. The number of halogens is 3. The molecule has 1 atom stereocenters. The van der Waals surface area contributed by atoms with E-state index in [1.165, 1.54) is 6.07 Å². The maximum absolute atomic E-state index is 12.8. The number of urea groups is 1. The summed E-state index contributed by atoms with van der Waals surface area (Å²) < 4.78 is 38.4. The molecular formula is C24H28F3N3O2. The summed E-state index contributed by atoms with van der Waals surface area (Å²) in [5, 5.41) is 5.59. The van der Waals surface area contributed by atoms with Crippen LogP contribution in [0.3, 0.4) is 0 Å². The molecule has 0 aliphatic carbocycles. The average Bonchev–Trinajstić information content (AvgIpc) is 2.77. The molecule has 0 bridgehead atoms. The Bertz CT molecular complexity index is 929. The van der Waals surface area contributed by atoms with Gasteiger partial charge in [0.15, 0.2) is 0 Å². The van der Waals surface area contributed by atoms with E-state index in [2.05, 4.69) is 10.6 Å². The van der Waals surface area contributed by atoms with E-state index in [9.17, 15) is 22.8 Å². The SMILES string of the molecule is Cc1ccc(NC(=O)N2CCCC(CCC(=O)NCc3cccc(C(F)(F)F)c3)C2)cc1. The highest BCUT2D eigenvalue weighted by molar-refractivity contribution is 5.89. The lowest BCUT2D eigenvalue weighted by Crippen LogP contribution is -2.42. The number of rotatable bonds is 6. The normalized spacial score (nSPS) is 16.5. The van der Waals surface area contributed by atoms with Crippen LogP contribution in [0, 0.1) is 12.8 Å². The fourth-order valence-electron chi connectivity index (χ4n) is 3.81. The van der Waals surface area contributed by atoms with E-state index in [1.807, 2.05) is 31.2 Å². The van der Waals surface area contributed by atoms with Gasteiger partial charge in [-0.25, -0.2) is 4.79 Å². The number of alkyl halides is 3. The summed E-state index contributed by atoms with van der Waals surface area (Å²) >= 11 is 0. The molecule has 1 aliphatic heterocycles. The Morgan fingerprint density at radius 2 is 1.88 bits per heavy atom. The van der Waals surface area contributed by atoms with E-state index in [1.54, 1.807) is 11.0 Å². The number of carbonyl (C=O) groups is 2. The highest BCUT2D eigenvalue weighted by Crippen LogP contribution is 2.29. The van der Waals surface area contributed by atoms with E-state index in [-0.39, 0.29) is 30.8 Å². The van der Waals surface area contributed by atoms with Gasteiger partial charge in [-0.1, -0.05) is 29.8 Å². The number of carbonyl (C=O) groups excluding carboxylic acids is 2. The van der Waals surface area contributed by atoms with Crippen molar-refractivity contribution in [3.05, 3.63) is 65.2 Å². The number of hydrogen-bond donors (Lipinski definition) is 2. The number of nitrogens with one attached hydrogen (secondary N) is 2. The van der Waals surface area contributed by atoms with Gasteiger partial charge in [0.1, 0.15) is 0 Å². The van der Waals surface area contributed by atoms with Crippen LogP contribution in [0.1, 0.15) is 42.4 Å². The third kappa shape index (κ3) is 7.00. The van der Waals surface area contributed by atoms with Gasteiger partial charge >= 0.3 is 12.2 Å². The van der Waals surface area contributed by atoms with Crippen molar-refractivity contribution in [1.82, 2.24) is 10.2 Å². The number of hydrogen-bond acceptors (Lipinski definition) is 2. The van der Waals surface area contributed by atoms with E-state index in [4.69, 9.17) is 0 Å². The summed E-state index contributed by atoms with van der Waals surface area (Å²) in [5.74, 6) is 0.00969. The van der Waals surface area contributed by atoms with Crippen LogP contribution in [-0.2, 0) is 17.5 Å². The van der Waals surface area contributed by atoms with Crippen LogP contribution in [0.2, 0.25) is 0 Å². The van der Waals surface area contributed by atoms with Gasteiger partial charge in [-0.15, -0.1) is 0 Å². The summed E-state index contributed by atoms with van der Waals surface area (Å²) in [6, 6.07) is 12.4. The van der Waals surface area contributed by atoms with E-state index >= 15 is 0 Å². The molecule has 0 aromatic heterocycles. The van der Waals surface area contributed by atoms with Crippen molar-refractivity contribution in [3.8, 4) is 0 Å². The van der Waals surface area contributed by atoms with Gasteiger partial charge in [0.2, 0.25) is 5.91 Å². The van der Waals surface area contributed by atoms with Gasteiger partial charge in [0.05, 0.1) is 5.56 Å². The maximum Gasteiger partial charge on any atom is 0.416 e. The first-order chi connectivity index (χ1) is 15.2. The molecule has 3 amide bonds. The number of benzene rings is 2. The monoisotopic (exact) mass is 447 g/mol. The molecule has 2 aromatic carbocycles. The van der Waals surface area contributed by atoms with E-state index in [0.29, 0.717) is 25.1 Å².